The Morgan fingerprint density at radius 1 is 1.54 bits per heavy atom. The number of nitrogens with one attached hydrogen (secondary N) is 1. The molecule has 1 heterocycles. The standard InChI is InChI=1S/C8H14N2O2S/c1-11-8(12-2)5-9-3-7-4-10-6-13-7/h4,6,8-9H,3,5H2,1-2H3. The van der Waals surface area contributed by atoms with Gasteiger partial charge in [0.05, 0.1) is 5.51 Å². The van der Waals surface area contributed by atoms with E-state index in [1.807, 2.05) is 11.7 Å². The Labute approximate surface area is 81.9 Å². The van der Waals surface area contributed by atoms with Crippen molar-refractivity contribution >= 4 is 11.3 Å². The van der Waals surface area contributed by atoms with Gasteiger partial charge in [-0.1, -0.05) is 0 Å². The molecule has 0 bridgehead atoms. The van der Waals surface area contributed by atoms with Crippen molar-refractivity contribution in [3.8, 4) is 0 Å². The van der Waals surface area contributed by atoms with Crippen molar-refractivity contribution in [2.24, 2.45) is 0 Å². The van der Waals surface area contributed by atoms with Crippen LogP contribution >= 0.6 is 11.3 Å². The van der Waals surface area contributed by atoms with E-state index < -0.39 is 0 Å². The Balaban J connectivity index is 2.13. The molecule has 13 heavy (non-hydrogen) atoms. The molecule has 1 rings (SSSR count). The number of nitrogens with zero attached hydrogens (tertiary/aromatic N) is 1. The van der Waals surface area contributed by atoms with Crippen LogP contribution in [0.3, 0.4) is 0 Å². The van der Waals surface area contributed by atoms with Gasteiger partial charge in [-0.15, -0.1) is 11.3 Å². The van der Waals surface area contributed by atoms with Crippen LogP contribution in [-0.2, 0) is 16.0 Å². The number of aromatic nitrogens is 1. The fourth-order valence-electron chi connectivity index (χ4n) is 0.906. The maximum Gasteiger partial charge on any atom is 0.169 e. The highest BCUT2D eigenvalue weighted by Gasteiger charge is 2.03. The van der Waals surface area contributed by atoms with Gasteiger partial charge in [-0.2, -0.15) is 0 Å². The Morgan fingerprint density at radius 2 is 2.31 bits per heavy atom. The predicted molar refractivity (Wildman–Crippen MR) is 51.6 cm³/mol. The molecule has 0 spiro atoms. The minimum Gasteiger partial charge on any atom is -0.355 e. The maximum atomic E-state index is 5.02. The predicted octanol–water partition coefficient (Wildman–Crippen LogP) is 0.852. The number of hydrogen-bond acceptors (Lipinski definition) is 5. The summed E-state index contributed by atoms with van der Waals surface area (Å²) in [6.45, 7) is 1.50. The molecule has 0 fully saturated rings. The van der Waals surface area contributed by atoms with Crippen molar-refractivity contribution in [3.05, 3.63) is 16.6 Å². The number of hydrogen-bond donors (Lipinski definition) is 1. The lowest BCUT2D eigenvalue weighted by Gasteiger charge is -2.13. The van der Waals surface area contributed by atoms with Gasteiger partial charge >= 0.3 is 0 Å². The van der Waals surface area contributed by atoms with E-state index >= 15 is 0 Å². The Kier molecular flexibility index (Phi) is 4.92. The van der Waals surface area contributed by atoms with Crippen LogP contribution in [0.15, 0.2) is 11.7 Å². The lowest BCUT2D eigenvalue weighted by molar-refractivity contribution is -0.0988. The molecule has 0 aliphatic heterocycles. The summed E-state index contributed by atoms with van der Waals surface area (Å²) in [6.07, 6.45) is 1.68. The second kappa shape index (κ2) is 6.04. The van der Waals surface area contributed by atoms with Gasteiger partial charge in [0.15, 0.2) is 6.29 Å². The Morgan fingerprint density at radius 3 is 2.85 bits per heavy atom. The first-order valence-electron chi connectivity index (χ1n) is 4.00. The van der Waals surface area contributed by atoms with Crippen molar-refractivity contribution < 1.29 is 9.47 Å². The summed E-state index contributed by atoms with van der Waals surface area (Å²) in [7, 11) is 3.26. The van der Waals surface area contributed by atoms with Gasteiger partial charge < -0.3 is 14.8 Å². The van der Waals surface area contributed by atoms with Crippen LogP contribution in [0.25, 0.3) is 0 Å². The lowest BCUT2D eigenvalue weighted by Crippen LogP contribution is -2.29. The van der Waals surface area contributed by atoms with Gasteiger partial charge in [0.25, 0.3) is 0 Å². The third-order valence-corrected chi connectivity index (χ3v) is 2.40. The molecule has 0 saturated carbocycles. The van der Waals surface area contributed by atoms with E-state index in [0.29, 0.717) is 6.54 Å². The molecule has 4 nitrogen and oxygen atoms in total. The van der Waals surface area contributed by atoms with Crippen LogP contribution in [0, 0.1) is 0 Å². The maximum absolute atomic E-state index is 5.02. The Hall–Kier alpha value is -0.490. The SMILES string of the molecule is COC(CNCc1cncs1)OC. The largest absolute Gasteiger partial charge is 0.355 e. The van der Waals surface area contributed by atoms with Crippen molar-refractivity contribution in [2.45, 2.75) is 12.8 Å². The molecular weight excluding hydrogens is 188 g/mol. The molecule has 5 heteroatoms. The van der Waals surface area contributed by atoms with E-state index in [1.54, 1.807) is 25.6 Å². The van der Waals surface area contributed by atoms with Gasteiger partial charge in [-0.05, 0) is 0 Å². The fraction of sp³-hybridized carbons (Fsp3) is 0.625. The van der Waals surface area contributed by atoms with Crippen LogP contribution in [0.5, 0.6) is 0 Å². The van der Waals surface area contributed by atoms with Crippen LogP contribution < -0.4 is 5.32 Å². The van der Waals surface area contributed by atoms with Crippen molar-refractivity contribution in [1.29, 1.82) is 0 Å². The van der Waals surface area contributed by atoms with Crippen LogP contribution in [-0.4, -0.2) is 32.0 Å². The number of methoxy groups -OCH3 is 2. The summed E-state index contributed by atoms with van der Waals surface area (Å²) in [6, 6.07) is 0. The van der Waals surface area contributed by atoms with E-state index in [2.05, 4.69) is 10.3 Å². The monoisotopic (exact) mass is 202 g/mol. The highest BCUT2D eigenvalue weighted by molar-refractivity contribution is 7.09. The van der Waals surface area contributed by atoms with Crippen LogP contribution in [0.1, 0.15) is 4.88 Å². The molecule has 0 aromatic carbocycles. The topological polar surface area (TPSA) is 43.4 Å². The molecule has 0 aliphatic rings. The molecule has 74 valence electrons. The average molecular weight is 202 g/mol. The Bertz CT molecular complexity index is 212. The number of thiazole rings is 1. The third kappa shape index (κ3) is 3.82. The second-order valence-electron chi connectivity index (χ2n) is 2.50. The highest BCUT2D eigenvalue weighted by atomic mass is 32.1. The summed E-state index contributed by atoms with van der Waals surface area (Å²) in [5, 5.41) is 3.21. The van der Waals surface area contributed by atoms with E-state index in [4.69, 9.17) is 9.47 Å². The summed E-state index contributed by atoms with van der Waals surface area (Å²) >= 11 is 1.63. The first kappa shape index (κ1) is 10.6. The molecule has 1 aromatic heterocycles. The van der Waals surface area contributed by atoms with E-state index in [1.165, 1.54) is 4.88 Å². The molecule has 0 amide bonds. The van der Waals surface area contributed by atoms with Crippen molar-refractivity contribution in [3.63, 3.8) is 0 Å². The fourth-order valence-corrected chi connectivity index (χ4v) is 1.47. The van der Waals surface area contributed by atoms with Gasteiger partial charge in [0.1, 0.15) is 0 Å². The minimum absolute atomic E-state index is 0.173. The number of rotatable bonds is 6. The summed E-state index contributed by atoms with van der Waals surface area (Å²) < 4.78 is 10.0. The van der Waals surface area contributed by atoms with Gasteiger partial charge in [0.2, 0.25) is 0 Å². The highest BCUT2D eigenvalue weighted by Crippen LogP contribution is 2.04. The zero-order valence-corrected chi connectivity index (χ0v) is 8.63. The van der Waals surface area contributed by atoms with E-state index in [0.717, 1.165) is 6.54 Å². The van der Waals surface area contributed by atoms with E-state index in [9.17, 15) is 0 Å². The lowest BCUT2D eigenvalue weighted by atomic mass is 10.5. The van der Waals surface area contributed by atoms with E-state index in [-0.39, 0.29) is 6.29 Å². The molecular formula is C8H14N2O2S. The average Bonchev–Trinajstić information content (AvgIpc) is 2.65. The quantitative estimate of drug-likeness (QED) is 0.695. The number of ether oxygens (including phenoxy) is 2. The summed E-state index contributed by atoms with van der Waals surface area (Å²) in [5.74, 6) is 0. The van der Waals surface area contributed by atoms with Crippen LogP contribution in [0.2, 0.25) is 0 Å². The molecule has 0 saturated heterocycles. The normalized spacial score (nSPS) is 11.0. The van der Waals surface area contributed by atoms with Crippen LogP contribution in [0.4, 0.5) is 0 Å². The molecule has 0 aliphatic carbocycles. The zero-order valence-electron chi connectivity index (χ0n) is 7.82. The molecule has 0 unspecified atom stereocenters. The van der Waals surface area contributed by atoms with Gasteiger partial charge in [0, 0.05) is 38.4 Å². The first-order chi connectivity index (χ1) is 6.36. The third-order valence-electron chi connectivity index (χ3n) is 1.62. The molecule has 1 aromatic rings. The molecule has 1 N–H and O–H groups in total. The molecule has 0 radical (unpaired) electrons. The smallest absolute Gasteiger partial charge is 0.169 e. The van der Waals surface area contributed by atoms with Gasteiger partial charge in [-0.3, -0.25) is 4.98 Å². The molecule has 0 atom stereocenters. The first-order valence-corrected chi connectivity index (χ1v) is 4.88. The summed E-state index contributed by atoms with van der Waals surface area (Å²) in [5.41, 5.74) is 1.82. The van der Waals surface area contributed by atoms with Gasteiger partial charge in [-0.25, -0.2) is 0 Å². The zero-order chi connectivity index (χ0) is 9.52. The second-order valence-corrected chi connectivity index (χ2v) is 3.47. The van der Waals surface area contributed by atoms with Crippen molar-refractivity contribution in [2.75, 3.05) is 20.8 Å². The van der Waals surface area contributed by atoms with Crippen molar-refractivity contribution in [1.82, 2.24) is 10.3 Å². The summed E-state index contributed by atoms with van der Waals surface area (Å²) in [4.78, 5) is 5.19. The minimum atomic E-state index is -0.173.